The van der Waals surface area contributed by atoms with Gasteiger partial charge in [0, 0.05) is 34.7 Å². The van der Waals surface area contributed by atoms with Crippen LogP contribution in [0.15, 0.2) is 60.7 Å². The van der Waals surface area contributed by atoms with Gasteiger partial charge in [-0.2, -0.15) is 13.2 Å². The zero-order valence-electron chi connectivity index (χ0n) is 25.4. The molecule has 1 amide bonds. The van der Waals surface area contributed by atoms with Crippen LogP contribution in [0, 0.1) is 6.92 Å². The number of thiophene rings is 1. The van der Waals surface area contributed by atoms with Crippen LogP contribution in [-0.2, 0) is 24.3 Å². The van der Waals surface area contributed by atoms with Gasteiger partial charge in [-0.15, -0.1) is 11.3 Å². The number of nitrogens with one attached hydrogen (secondary N) is 2. The van der Waals surface area contributed by atoms with Crippen LogP contribution in [0.2, 0.25) is 0 Å². The maximum atomic E-state index is 13.1. The highest BCUT2D eigenvalue weighted by atomic mass is 32.1. The monoisotopic (exact) mass is 625 g/mol. The number of fused-ring (bicyclic) bond motifs is 1. The van der Waals surface area contributed by atoms with Gasteiger partial charge in [0.05, 0.1) is 11.8 Å². The van der Waals surface area contributed by atoms with Gasteiger partial charge in [0.2, 0.25) is 0 Å². The number of amides is 1. The molecule has 7 nitrogen and oxygen atoms in total. The molecule has 44 heavy (non-hydrogen) atoms. The van der Waals surface area contributed by atoms with E-state index in [0.717, 1.165) is 47.4 Å². The number of aryl methyl sites for hydroxylation is 1. The molecule has 234 valence electrons. The van der Waals surface area contributed by atoms with Gasteiger partial charge < -0.3 is 15.4 Å². The Labute approximate surface area is 259 Å². The molecule has 4 aromatic rings. The van der Waals surface area contributed by atoms with Crippen LogP contribution in [-0.4, -0.2) is 39.9 Å². The van der Waals surface area contributed by atoms with Gasteiger partial charge in [-0.1, -0.05) is 42.5 Å². The van der Waals surface area contributed by atoms with E-state index in [9.17, 15) is 18.0 Å². The van der Waals surface area contributed by atoms with E-state index < -0.39 is 24.2 Å². The van der Waals surface area contributed by atoms with Crippen molar-refractivity contribution >= 4 is 39.2 Å². The lowest BCUT2D eigenvalue weighted by atomic mass is 10.0. The molecule has 2 aromatic carbocycles. The second-order valence-corrected chi connectivity index (χ2v) is 13.4. The summed E-state index contributed by atoms with van der Waals surface area (Å²) in [6.45, 7) is 8.57. The fourth-order valence-corrected chi connectivity index (χ4v) is 6.64. The minimum absolute atomic E-state index is 0.153. The summed E-state index contributed by atoms with van der Waals surface area (Å²) < 4.78 is 44.5. The summed E-state index contributed by atoms with van der Waals surface area (Å²) >= 11 is 1.07. The van der Waals surface area contributed by atoms with Crippen LogP contribution in [0.5, 0.6) is 0 Å². The Bertz CT molecular complexity index is 1570. The molecular formula is C33H38F3N5O2S. The third-order valence-electron chi connectivity index (χ3n) is 7.55. The van der Waals surface area contributed by atoms with E-state index in [4.69, 9.17) is 4.74 Å². The fraction of sp³-hybridized carbons (Fsp3) is 0.424. The van der Waals surface area contributed by atoms with E-state index in [0.29, 0.717) is 28.4 Å². The zero-order valence-corrected chi connectivity index (χ0v) is 26.2. The number of halogens is 3. The Morgan fingerprint density at radius 2 is 1.70 bits per heavy atom. The van der Waals surface area contributed by atoms with Crippen molar-refractivity contribution in [3.8, 4) is 0 Å². The van der Waals surface area contributed by atoms with Crippen LogP contribution >= 0.6 is 11.3 Å². The van der Waals surface area contributed by atoms with E-state index in [1.807, 2.05) is 75.4 Å². The third kappa shape index (κ3) is 8.26. The summed E-state index contributed by atoms with van der Waals surface area (Å²) in [6.07, 6.45) is -2.86. The Kier molecular flexibility index (Phi) is 9.45. The molecule has 2 heterocycles. The summed E-state index contributed by atoms with van der Waals surface area (Å²) in [4.78, 5) is 24.5. The van der Waals surface area contributed by atoms with Gasteiger partial charge in [-0.3, -0.25) is 4.90 Å². The van der Waals surface area contributed by atoms with Crippen molar-refractivity contribution in [2.75, 3.05) is 10.2 Å². The van der Waals surface area contributed by atoms with Crippen LogP contribution in [0.3, 0.4) is 0 Å². The Morgan fingerprint density at radius 1 is 1.00 bits per heavy atom. The second kappa shape index (κ2) is 13.1. The van der Waals surface area contributed by atoms with E-state index >= 15 is 0 Å². The van der Waals surface area contributed by atoms with Crippen molar-refractivity contribution < 1.29 is 22.7 Å². The van der Waals surface area contributed by atoms with Crippen LogP contribution in [0.4, 0.5) is 29.5 Å². The number of nitrogens with zero attached hydrogens (tertiary/aromatic N) is 3. The van der Waals surface area contributed by atoms with Crippen molar-refractivity contribution in [3.63, 3.8) is 0 Å². The van der Waals surface area contributed by atoms with Gasteiger partial charge in [-0.05, 0) is 76.3 Å². The molecule has 2 aromatic heterocycles. The number of hydrogen-bond acceptors (Lipinski definition) is 7. The van der Waals surface area contributed by atoms with Crippen LogP contribution in [0.1, 0.15) is 61.9 Å². The molecule has 0 bridgehead atoms. The maximum absolute atomic E-state index is 13.1. The van der Waals surface area contributed by atoms with Crippen LogP contribution < -0.4 is 15.5 Å². The molecule has 1 fully saturated rings. The predicted octanol–water partition coefficient (Wildman–Crippen LogP) is 8.17. The Morgan fingerprint density at radius 3 is 2.39 bits per heavy atom. The minimum Gasteiger partial charge on any atom is -0.444 e. The Hall–Kier alpha value is -3.70. The van der Waals surface area contributed by atoms with Gasteiger partial charge in [0.25, 0.3) is 0 Å². The first-order chi connectivity index (χ1) is 20.8. The molecule has 0 unspecified atom stereocenters. The van der Waals surface area contributed by atoms with Gasteiger partial charge in [-0.25, -0.2) is 14.8 Å². The molecule has 11 heteroatoms. The van der Waals surface area contributed by atoms with E-state index in [1.165, 1.54) is 0 Å². The zero-order chi connectivity index (χ0) is 31.5. The lowest BCUT2D eigenvalue weighted by Crippen LogP contribution is -2.46. The van der Waals surface area contributed by atoms with E-state index in [1.54, 1.807) is 17.9 Å². The SMILES string of the molecule is Cc1nc(N[C@@H]2CC[C@H](NCc3ccc(N(C(=O)OCc4ccccc4)C(C)(C)C)cc3)C2)c2cc(CC(F)(F)F)sc2n1. The van der Waals surface area contributed by atoms with Crippen molar-refractivity contribution in [3.05, 3.63) is 82.5 Å². The average molecular weight is 626 g/mol. The van der Waals surface area contributed by atoms with Crippen molar-refractivity contribution in [2.24, 2.45) is 0 Å². The number of anilines is 2. The van der Waals surface area contributed by atoms with E-state index in [-0.39, 0.29) is 23.6 Å². The normalized spacial score (nSPS) is 17.2. The van der Waals surface area contributed by atoms with Gasteiger partial charge >= 0.3 is 12.3 Å². The lowest BCUT2D eigenvalue weighted by Gasteiger charge is -2.34. The van der Waals surface area contributed by atoms with Gasteiger partial charge in [0.15, 0.2) is 0 Å². The number of carbonyl (C=O) groups excluding carboxylic acids is 1. The second-order valence-electron chi connectivity index (χ2n) is 12.3. The first-order valence-corrected chi connectivity index (χ1v) is 15.6. The standard InChI is InChI=1S/C33H38F3N5O2S/c1-21-38-29(28-17-27(18-33(34,35)36)44-30(28)39-21)40-25-13-12-24(16-25)37-19-22-10-14-26(15-11-22)41(32(2,3)4)31(42)43-20-23-8-6-5-7-9-23/h5-11,14-15,17,24-25,37H,12-13,16,18-20H2,1-4H3,(H,38,39,40)/t24-,25+/m0/s1. The lowest BCUT2D eigenvalue weighted by molar-refractivity contribution is -0.126. The van der Waals surface area contributed by atoms with E-state index in [2.05, 4.69) is 20.6 Å². The molecule has 1 aliphatic rings. The van der Waals surface area contributed by atoms with Crippen molar-refractivity contribution in [2.45, 2.75) is 90.3 Å². The molecule has 2 atom stereocenters. The highest BCUT2D eigenvalue weighted by molar-refractivity contribution is 7.18. The van der Waals surface area contributed by atoms with Gasteiger partial charge in [0.1, 0.15) is 23.1 Å². The Balaban J connectivity index is 1.16. The average Bonchev–Trinajstić information content (AvgIpc) is 3.56. The van der Waals surface area contributed by atoms with Crippen molar-refractivity contribution in [1.29, 1.82) is 0 Å². The highest BCUT2D eigenvalue weighted by Crippen LogP contribution is 2.34. The summed E-state index contributed by atoms with van der Waals surface area (Å²) in [6, 6.07) is 19.5. The predicted molar refractivity (Wildman–Crippen MR) is 169 cm³/mol. The molecule has 1 aliphatic carbocycles. The summed E-state index contributed by atoms with van der Waals surface area (Å²) in [5.74, 6) is 1.13. The molecule has 0 saturated heterocycles. The smallest absolute Gasteiger partial charge is 0.415 e. The molecular weight excluding hydrogens is 587 g/mol. The molecule has 0 radical (unpaired) electrons. The number of benzene rings is 2. The largest absolute Gasteiger partial charge is 0.444 e. The third-order valence-corrected chi connectivity index (χ3v) is 8.58. The number of alkyl halides is 3. The summed E-state index contributed by atoms with van der Waals surface area (Å²) in [5, 5.41) is 7.75. The molecule has 5 rings (SSSR count). The molecule has 0 aliphatic heterocycles. The summed E-state index contributed by atoms with van der Waals surface area (Å²) in [5.41, 5.74) is 2.32. The maximum Gasteiger partial charge on any atom is 0.415 e. The minimum atomic E-state index is -4.26. The summed E-state index contributed by atoms with van der Waals surface area (Å²) in [7, 11) is 0. The van der Waals surface area contributed by atoms with Crippen molar-refractivity contribution in [1.82, 2.24) is 15.3 Å². The molecule has 1 saturated carbocycles. The molecule has 2 N–H and O–H groups in total. The number of carbonyl (C=O) groups is 1. The number of rotatable bonds is 9. The first-order valence-electron chi connectivity index (χ1n) is 14.8. The highest BCUT2D eigenvalue weighted by Gasteiger charge is 2.31. The molecule has 0 spiro atoms. The first kappa shape index (κ1) is 31.7. The number of ether oxygens (including phenoxy) is 1. The number of hydrogen-bond donors (Lipinski definition) is 2. The quantitative estimate of drug-likeness (QED) is 0.195. The van der Waals surface area contributed by atoms with Crippen LogP contribution in [0.25, 0.3) is 10.2 Å². The topological polar surface area (TPSA) is 79.4 Å². The number of aromatic nitrogens is 2. The fourth-order valence-electron chi connectivity index (χ4n) is 5.54.